The van der Waals surface area contributed by atoms with Crippen molar-refractivity contribution < 1.29 is 10.0 Å². The lowest BCUT2D eigenvalue weighted by molar-refractivity contribution is -0.0803. The van der Waals surface area contributed by atoms with E-state index in [4.69, 9.17) is 5.21 Å². The molecule has 0 saturated heterocycles. The lowest BCUT2D eigenvalue weighted by atomic mass is 10.4. The van der Waals surface area contributed by atoms with Crippen molar-refractivity contribution in [3.05, 3.63) is 24.5 Å². The molecule has 1 heterocycles. The Hall–Kier alpha value is -1.66. The summed E-state index contributed by atoms with van der Waals surface area (Å²) in [5.41, 5.74) is 2.94. The normalized spacial score (nSPS) is 9.57. The maximum atomic E-state index is 11.2. The van der Waals surface area contributed by atoms with Crippen LogP contribution in [0.5, 0.6) is 0 Å². The topological polar surface area (TPSA) is 77.5 Å². The molecule has 0 spiro atoms. The summed E-state index contributed by atoms with van der Waals surface area (Å²) in [6.45, 7) is 2.22. The van der Waals surface area contributed by atoms with Crippen LogP contribution in [0.2, 0.25) is 0 Å². The zero-order valence-electron chi connectivity index (χ0n) is 7.77. The molecule has 0 bridgehead atoms. The monoisotopic (exact) mass is 196 g/mol. The highest BCUT2D eigenvalue weighted by Gasteiger charge is 2.08. The number of hydroxylamine groups is 1. The van der Waals surface area contributed by atoms with Crippen LogP contribution in [0.1, 0.15) is 6.92 Å². The van der Waals surface area contributed by atoms with Crippen LogP contribution in [0.4, 0.5) is 10.5 Å². The summed E-state index contributed by atoms with van der Waals surface area (Å²) in [4.78, 5) is 15.0. The second kappa shape index (κ2) is 5.15. The number of amides is 2. The second-order valence-corrected chi connectivity index (χ2v) is 2.50. The molecule has 0 aliphatic heterocycles. The molecule has 0 fully saturated rings. The van der Waals surface area contributed by atoms with Gasteiger partial charge < -0.3 is 5.32 Å². The number of hydrogen-bond donors (Lipinski definition) is 3. The summed E-state index contributed by atoms with van der Waals surface area (Å²) in [5.74, 6) is 0. The van der Waals surface area contributed by atoms with Gasteiger partial charge in [0.15, 0.2) is 0 Å². The Morgan fingerprint density at radius 1 is 1.71 bits per heavy atom. The molecule has 76 valence electrons. The SMILES string of the molecule is CCNN(O)C(=O)Nc1cccnc1. The molecule has 1 rings (SSSR count). The fourth-order valence-corrected chi connectivity index (χ4v) is 0.835. The lowest BCUT2D eigenvalue weighted by Crippen LogP contribution is -2.42. The number of nitrogens with one attached hydrogen (secondary N) is 2. The predicted octanol–water partition coefficient (Wildman–Crippen LogP) is 0.829. The number of hydrogen-bond acceptors (Lipinski definition) is 4. The lowest BCUT2D eigenvalue weighted by Gasteiger charge is -2.14. The molecule has 0 aliphatic carbocycles. The largest absolute Gasteiger partial charge is 0.360 e. The number of pyridine rings is 1. The van der Waals surface area contributed by atoms with Gasteiger partial charge in [-0.2, -0.15) is 0 Å². The van der Waals surface area contributed by atoms with Gasteiger partial charge in [0.05, 0.1) is 11.9 Å². The van der Waals surface area contributed by atoms with E-state index in [0.29, 0.717) is 17.4 Å². The Morgan fingerprint density at radius 2 is 2.50 bits per heavy atom. The van der Waals surface area contributed by atoms with Crippen molar-refractivity contribution in [2.24, 2.45) is 0 Å². The molecule has 0 atom stereocenters. The standard InChI is InChI=1S/C8H12N4O2/c1-2-10-12(14)8(13)11-7-4-3-5-9-6-7/h3-6,10,14H,2H2,1H3,(H,11,13). The van der Waals surface area contributed by atoms with Crippen molar-refractivity contribution in [3.8, 4) is 0 Å². The Labute approximate surface area is 81.5 Å². The third-order valence-corrected chi connectivity index (χ3v) is 1.41. The molecule has 14 heavy (non-hydrogen) atoms. The Morgan fingerprint density at radius 3 is 3.07 bits per heavy atom. The molecule has 1 aromatic rings. The molecular formula is C8H12N4O2. The van der Waals surface area contributed by atoms with E-state index in [1.807, 2.05) is 0 Å². The molecule has 3 N–H and O–H groups in total. The molecule has 0 unspecified atom stereocenters. The highest BCUT2D eigenvalue weighted by atomic mass is 16.6. The van der Waals surface area contributed by atoms with Crippen LogP contribution in [0.3, 0.4) is 0 Å². The van der Waals surface area contributed by atoms with Crippen molar-refractivity contribution in [2.45, 2.75) is 6.92 Å². The van der Waals surface area contributed by atoms with Crippen molar-refractivity contribution >= 4 is 11.7 Å². The zero-order chi connectivity index (χ0) is 10.4. The van der Waals surface area contributed by atoms with Crippen LogP contribution in [-0.4, -0.2) is 27.9 Å². The molecule has 0 saturated carbocycles. The van der Waals surface area contributed by atoms with Gasteiger partial charge >= 0.3 is 6.03 Å². The van der Waals surface area contributed by atoms with Crippen LogP contribution in [-0.2, 0) is 0 Å². The van der Waals surface area contributed by atoms with Crippen LogP contribution in [0, 0.1) is 0 Å². The van der Waals surface area contributed by atoms with Crippen LogP contribution < -0.4 is 10.7 Å². The van der Waals surface area contributed by atoms with E-state index < -0.39 is 6.03 Å². The quantitative estimate of drug-likeness (QED) is 0.494. The average Bonchev–Trinajstić information content (AvgIpc) is 2.19. The van der Waals surface area contributed by atoms with Gasteiger partial charge in [0, 0.05) is 12.7 Å². The smallest absolute Gasteiger partial charge is 0.303 e. The fraction of sp³-hybridized carbons (Fsp3) is 0.250. The average molecular weight is 196 g/mol. The van der Waals surface area contributed by atoms with E-state index in [1.54, 1.807) is 25.3 Å². The zero-order valence-corrected chi connectivity index (χ0v) is 7.77. The predicted molar refractivity (Wildman–Crippen MR) is 50.6 cm³/mol. The van der Waals surface area contributed by atoms with Gasteiger partial charge in [-0.25, -0.2) is 10.2 Å². The minimum Gasteiger partial charge on any atom is -0.303 e. The van der Waals surface area contributed by atoms with E-state index in [0.717, 1.165) is 0 Å². The molecular weight excluding hydrogens is 184 g/mol. The third kappa shape index (κ3) is 3.00. The van der Waals surface area contributed by atoms with Gasteiger partial charge in [0.25, 0.3) is 0 Å². The summed E-state index contributed by atoms with van der Waals surface area (Å²) in [6.07, 6.45) is 3.08. The van der Waals surface area contributed by atoms with E-state index in [1.165, 1.54) is 6.20 Å². The summed E-state index contributed by atoms with van der Waals surface area (Å²) in [7, 11) is 0. The van der Waals surface area contributed by atoms with E-state index in [2.05, 4.69) is 15.7 Å². The second-order valence-electron chi connectivity index (χ2n) is 2.50. The van der Waals surface area contributed by atoms with Gasteiger partial charge in [-0.3, -0.25) is 10.2 Å². The Kier molecular flexibility index (Phi) is 3.84. The number of carbonyl (C=O) groups excluding carboxylic acids is 1. The number of carbonyl (C=O) groups is 1. The van der Waals surface area contributed by atoms with Crippen LogP contribution in [0.25, 0.3) is 0 Å². The van der Waals surface area contributed by atoms with Gasteiger partial charge in [-0.15, -0.1) is 5.17 Å². The maximum Gasteiger partial charge on any atom is 0.360 e. The van der Waals surface area contributed by atoms with Crippen LogP contribution in [0.15, 0.2) is 24.5 Å². The number of nitrogens with zero attached hydrogens (tertiary/aromatic N) is 2. The molecule has 1 aromatic heterocycles. The summed E-state index contributed by atoms with van der Waals surface area (Å²) in [6, 6.07) is 2.70. The van der Waals surface area contributed by atoms with Gasteiger partial charge in [-0.1, -0.05) is 6.92 Å². The summed E-state index contributed by atoms with van der Waals surface area (Å²) >= 11 is 0. The molecule has 0 aromatic carbocycles. The van der Waals surface area contributed by atoms with Gasteiger partial charge in [-0.05, 0) is 12.1 Å². The Balaban J connectivity index is 2.49. The van der Waals surface area contributed by atoms with Gasteiger partial charge in [0.2, 0.25) is 0 Å². The fourth-order valence-electron chi connectivity index (χ4n) is 0.835. The van der Waals surface area contributed by atoms with Gasteiger partial charge in [0.1, 0.15) is 0 Å². The summed E-state index contributed by atoms with van der Waals surface area (Å²) in [5, 5.41) is 11.9. The molecule has 2 amide bonds. The number of rotatable bonds is 3. The molecule has 0 radical (unpaired) electrons. The third-order valence-electron chi connectivity index (χ3n) is 1.41. The van der Waals surface area contributed by atoms with E-state index in [9.17, 15) is 4.79 Å². The van der Waals surface area contributed by atoms with E-state index >= 15 is 0 Å². The highest BCUT2D eigenvalue weighted by molar-refractivity contribution is 5.87. The minimum absolute atomic E-state index is 0.396. The first kappa shape index (κ1) is 10.4. The van der Waals surface area contributed by atoms with Crippen LogP contribution >= 0.6 is 0 Å². The maximum absolute atomic E-state index is 11.2. The Bertz CT molecular complexity index is 291. The van der Waals surface area contributed by atoms with E-state index in [-0.39, 0.29) is 0 Å². The van der Waals surface area contributed by atoms with Crippen molar-refractivity contribution in [1.29, 1.82) is 0 Å². The molecule has 6 heteroatoms. The van der Waals surface area contributed by atoms with Crippen molar-refractivity contribution in [2.75, 3.05) is 11.9 Å². The molecule has 0 aliphatic rings. The minimum atomic E-state index is -0.653. The molecule has 6 nitrogen and oxygen atoms in total. The summed E-state index contributed by atoms with van der Waals surface area (Å²) < 4.78 is 0. The number of anilines is 1. The highest BCUT2D eigenvalue weighted by Crippen LogP contribution is 2.02. The number of aromatic nitrogens is 1. The number of hydrazine groups is 1. The van der Waals surface area contributed by atoms with Crippen molar-refractivity contribution in [3.63, 3.8) is 0 Å². The first-order valence-corrected chi connectivity index (χ1v) is 4.17. The first-order chi connectivity index (χ1) is 6.74. The van der Waals surface area contributed by atoms with Crippen molar-refractivity contribution in [1.82, 2.24) is 15.6 Å². The first-order valence-electron chi connectivity index (χ1n) is 4.17. The number of urea groups is 1.